The summed E-state index contributed by atoms with van der Waals surface area (Å²) in [6.45, 7) is 5.23. The second-order valence-electron chi connectivity index (χ2n) is 7.87. The molecule has 0 atom stereocenters. The molecule has 0 aliphatic carbocycles. The van der Waals surface area contributed by atoms with Gasteiger partial charge in [-0.3, -0.25) is 9.69 Å². The van der Waals surface area contributed by atoms with Crippen LogP contribution in [0.25, 0.3) is 10.2 Å². The number of anilines is 1. The summed E-state index contributed by atoms with van der Waals surface area (Å²) in [5.41, 5.74) is 3.49. The molecule has 0 saturated heterocycles. The molecule has 0 aliphatic rings. The number of hydrogen-bond acceptors (Lipinski definition) is 5. The first-order valence-electron chi connectivity index (χ1n) is 11.1. The maximum absolute atomic E-state index is 13.8. The fourth-order valence-electron chi connectivity index (χ4n) is 3.58. The fourth-order valence-corrected chi connectivity index (χ4v) is 4.63. The van der Waals surface area contributed by atoms with Crippen molar-refractivity contribution in [1.29, 1.82) is 0 Å². The molecular formula is C27H28N2O3S. The van der Waals surface area contributed by atoms with Crippen molar-refractivity contribution in [2.45, 2.75) is 33.2 Å². The average Bonchev–Trinajstić information content (AvgIpc) is 3.30. The van der Waals surface area contributed by atoms with Gasteiger partial charge in [0.1, 0.15) is 17.0 Å². The zero-order valence-electron chi connectivity index (χ0n) is 19.2. The van der Waals surface area contributed by atoms with Crippen molar-refractivity contribution in [1.82, 2.24) is 4.98 Å². The van der Waals surface area contributed by atoms with Crippen LogP contribution in [0.5, 0.6) is 11.5 Å². The van der Waals surface area contributed by atoms with Crippen molar-refractivity contribution < 1.29 is 14.3 Å². The van der Waals surface area contributed by atoms with E-state index < -0.39 is 0 Å². The van der Waals surface area contributed by atoms with Crippen LogP contribution in [0, 0.1) is 6.92 Å². The minimum Gasteiger partial charge on any atom is -0.494 e. The number of methoxy groups -OCH3 is 1. The lowest BCUT2D eigenvalue weighted by atomic mass is 10.1. The van der Waals surface area contributed by atoms with Gasteiger partial charge in [0.15, 0.2) is 5.13 Å². The highest BCUT2D eigenvalue weighted by atomic mass is 32.1. The van der Waals surface area contributed by atoms with E-state index in [1.54, 1.807) is 12.0 Å². The molecule has 0 aliphatic heterocycles. The van der Waals surface area contributed by atoms with Gasteiger partial charge in [-0.05, 0) is 48.7 Å². The number of hydrogen-bond donors (Lipinski definition) is 0. The summed E-state index contributed by atoms with van der Waals surface area (Å²) in [7, 11) is 1.64. The van der Waals surface area contributed by atoms with Crippen LogP contribution in [0.1, 0.15) is 41.3 Å². The highest BCUT2D eigenvalue weighted by molar-refractivity contribution is 7.22. The molecule has 6 heteroatoms. The largest absolute Gasteiger partial charge is 0.494 e. The van der Waals surface area contributed by atoms with Gasteiger partial charge in [-0.2, -0.15) is 0 Å². The van der Waals surface area contributed by atoms with Gasteiger partial charge in [-0.1, -0.05) is 67.1 Å². The zero-order valence-corrected chi connectivity index (χ0v) is 20.0. The Kier molecular flexibility index (Phi) is 7.25. The minimum absolute atomic E-state index is 0.115. The summed E-state index contributed by atoms with van der Waals surface area (Å²) in [4.78, 5) is 20.3. The number of unbranched alkanes of at least 4 members (excludes halogenated alkanes) is 1. The number of amides is 1. The van der Waals surface area contributed by atoms with Gasteiger partial charge in [-0.15, -0.1) is 0 Å². The summed E-state index contributed by atoms with van der Waals surface area (Å²) in [6, 6.07) is 21.3. The molecule has 1 aromatic heterocycles. The maximum atomic E-state index is 13.8. The normalized spacial score (nSPS) is 10.9. The standard InChI is InChI=1S/C27H28N2O3S/c1-4-5-16-32-22-13-9-12-21(17-22)26(30)29(18-20-10-7-6-8-11-20)27-28-24-23(31-3)15-14-19(2)25(24)33-27/h6-15,17H,4-5,16,18H2,1-3H3. The molecule has 33 heavy (non-hydrogen) atoms. The Hall–Kier alpha value is -3.38. The van der Waals surface area contributed by atoms with Crippen molar-refractivity contribution in [2.24, 2.45) is 0 Å². The van der Waals surface area contributed by atoms with Gasteiger partial charge in [0.05, 0.1) is 25.0 Å². The predicted molar refractivity (Wildman–Crippen MR) is 135 cm³/mol. The molecule has 3 aromatic carbocycles. The second-order valence-corrected chi connectivity index (χ2v) is 8.84. The highest BCUT2D eigenvalue weighted by Gasteiger charge is 2.23. The van der Waals surface area contributed by atoms with Gasteiger partial charge >= 0.3 is 0 Å². The number of nitrogens with zero attached hydrogens (tertiary/aromatic N) is 2. The first-order chi connectivity index (χ1) is 16.1. The summed E-state index contributed by atoms with van der Waals surface area (Å²) < 4.78 is 12.4. The van der Waals surface area contributed by atoms with E-state index in [1.165, 1.54) is 11.3 Å². The highest BCUT2D eigenvalue weighted by Crippen LogP contribution is 2.37. The number of aryl methyl sites for hydroxylation is 1. The van der Waals surface area contributed by atoms with Crippen LogP contribution >= 0.6 is 11.3 Å². The molecule has 4 rings (SSSR count). The van der Waals surface area contributed by atoms with Gasteiger partial charge in [0, 0.05) is 5.56 Å². The molecule has 0 fully saturated rings. The first-order valence-corrected chi connectivity index (χ1v) is 11.9. The maximum Gasteiger partial charge on any atom is 0.260 e. The minimum atomic E-state index is -0.115. The van der Waals surface area contributed by atoms with Crippen LogP contribution < -0.4 is 14.4 Å². The van der Waals surface area contributed by atoms with E-state index >= 15 is 0 Å². The van der Waals surface area contributed by atoms with Crippen molar-refractivity contribution in [3.05, 3.63) is 83.4 Å². The van der Waals surface area contributed by atoms with Crippen molar-refractivity contribution in [3.8, 4) is 11.5 Å². The molecule has 4 aromatic rings. The molecule has 0 spiro atoms. The molecule has 0 N–H and O–H groups in total. The van der Waals surface area contributed by atoms with Gasteiger partial charge < -0.3 is 9.47 Å². The van der Waals surface area contributed by atoms with Crippen LogP contribution in [-0.2, 0) is 6.54 Å². The van der Waals surface area contributed by atoms with Gasteiger partial charge in [-0.25, -0.2) is 4.98 Å². The molecule has 1 heterocycles. The topological polar surface area (TPSA) is 51.7 Å². The van der Waals surface area contributed by atoms with E-state index in [1.807, 2.05) is 73.7 Å². The monoisotopic (exact) mass is 460 g/mol. The van der Waals surface area contributed by atoms with Crippen LogP contribution in [-0.4, -0.2) is 24.6 Å². The van der Waals surface area contributed by atoms with Gasteiger partial charge in [0.25, 0.3) is 5.91 Å². The van der Waals surface area contributed by atoms with E-state index in [-0.39, 0.29) is 5.91 Å². The predicted octanol–water partition coefficient (Wildman–Crippen LogP) is 6.64. The Morgan fingerprint density at radius 3 is 2.64 bits per heavy atom. The number of benzene rings is 3. The smallest absolute Gasteiger partial charge is 0.260 e. The molecule has 0 unspecified atom stereocenters. The van der Waals surface area contributed by atoms with E-state index in [0.717, 1.165) is 34.2 Å². The molecule has 0 saturated carbocycles. The van der Waals surface area contributed by atoms with Crippen molar-refractivity contribution in [2.75, 3.05) is 18.6 Å². The summed E-state index contributed by atoms with van der Waals surface area (Å²) in [6.07, 6.45) is 2.04. The molecule has 0 radical (unpaired) electrons. The second kappa shape index (κ2) is 10.5. The van der Waals surface area contributed by atoms with Crippen molar-refractivity contribution >= 4 is 32.6 Å². The summed E-state index contributed by atoms with van der Waals surface area (Å²) in [5, 5.41) is 0.642. The van der Waals surface area contributed by atoms with Crippen LogP contribution in [0.3, 0.4) is 0 Å². The Labute approximate surface area is 198 Å². The number of thiazole rings is 1. The summed E-state index contributed by atoms with van der Waals surface area (Å²) in [5.74, 6) is 1.29. The van der Waals surface area contributed by atoms with Crippen molar-refractivity contribution in [3.63, 3.8) is 0 Å². The van der Waals surface area contributed by atoms with E-state index in [0.29, 0.717) is 35.3 Å². The number of aromatic nitrogens is 1. The number of carbonyl (C=O) groups is 1. The van der Waals surface area contributed by atoms with Crippen LogP contribution in [0.15, 0.2) is 66.7 Å². The third-order valence-corrected chi connectivity index (χ3v) is 6.63. The lowest BCUT2D eigenvalue weighted by molar-refractivity contribution is 0.0984. The Morgan fingerprint density at radius 2 is 1.88 bits per heavy atom. The van der Waals surface area contributed by atoms with E-state index in [9.17, 15) is 4.79 Å². The Morgan fingerprint density at radius 1 is 1.06 bits per heavy atom. The Bertz CT molecular complexity index is 1240. The van der Waals surface area contributed by atoms with Crippen LogP contribution in [0.2, 0.25) is 0 Å². The molecule has 1 amide bonds. The summed E-state index contributed by atoms with van der Waals surface area (Å²) >= 11 is 1.51. The zero-order chi connectivity index (χ0) is 23.2. The SMILES string of the molecule is CCCCOc1cccc(C(=O)N(Cc2ccccc2)c2nc3c(OC)ccc(C)c3s2)c1. The third kappa shape index (κ3) is 5.17. The molecule has 170 valence electrons. The number of fused-ring (bicyclic) bond motifs is 1. The molecular weight excluding hydrogens is 432 g/mol. The van der Waals surface area contributed by atoms with E-state index in [2.05, 4.69) is 6.92 Å². The molecule has 5 nitrogen and oxygen atoms in total. The molecule has 0 bridgehead atoms. The quantitative estimate of drug-likeness (QED) is 0.263. The average molecular weight is 461 g/mol. The Balaban J connectivity index is 1.73. The van der Waals surface area contributed by atoms with Crippen LogP contribution in [0.4, 0.5) is 5.13 Å². The lowest BCUT2D eigenvalue weighted by Crippen LogP contribution is -2.30. The fraction of sp³-hybridized carbons (Fsp3) is 0.259. The number of ether oxygens (including phenoxy) is 2. The number of carbonyl (C=O) groups excluding carboxylic acids is 1. The van der Waals surface area contributed by atoms with E-state index in [4.69, 9.17) is 14.5 Å². The number of rotatable bonds is 9. The lowest BCUT2D eigenvalue weighted by Gasteiger charge is -2.20. The third-order valence-electron chi connectivity index (χ3n) is 5.42. The van der Waals surface area contributed by atoms with Gasteiger partial charge in [0.2, 0.25) is 0 Å². The first kappa shape index (κ1) is 22.8.